The van der Waals surface area contributed by atoms with E-state index >= 15 is 0 Å². The number of benzene rings is 1. The number of hydrogen-bond acceptors (Lipinski definition) is 1. The van der Waals surface area contributed by atoms with Crippen LogP contribution in [-0.2, 0) is 4.79 Å². The molecule has 0 saturated heterocycles. The zero-order valence-electron chi connectivity index (χ0n) is 7.96. The molecule has 1 unspecified atom stereocenters. The second-order valence-corrected chi connectivity index (χ2v) is 2.99. The molecule has 1 aromatic carbocycles. The van der Waals surface area contributed by atoms with Gasteiger partial charge in [0.05, 0.1) is 6.04 Å². The van der Waals surface area contributed by atoms with Gasteiger partial charge in [0, 0.05) is 0 Å². The summed E-state index contributed by atoms with van der Waals surface area (Å²) in [7, 11) is 0. The predicted molar refractivity (Wildman–Crippen MR) is 53.2 cm³/mol. The molecule has 0 saturated carbocycles. The van der Waals surface area contributed by atoms with Crippen LogP contribution in [0.25, 0.3) is 0 Å². The molecule has 0 radical (unpaired) electrons. The van der Waals surface area contributed by atoms with Gasteiger partial charge in [-0.15, -0.1) is 0 Å². The van der Waals surface area contributed by atoms with Crippen LogP contribution in [0.3, 0.4) is 0 Å². The van der Waals surface area contributed by atoms with Gasteiger partial charge < -0.3 is 5.32 Å². The van der Waals surface area contributed by atoms with Gasteiger partial charge >= 0.3 is 0 Å². The molecule has 1 N–H and O–H groups in total. The molecule has 2 nitrogen and oxygen atoms in total. The van der Waals surface area contributed by atoms with Gasteiger partial charge in [0.15, 0.2) is 0 Å². The van der Waals surface area contributed by atoms with Gasteiger partial charge in [0.25, 0.3) is 0 Å². The molecule has 0 heterocycles. The molecule has 1 amide bonds. The lowest BCUT2D eigenvalue weighted by atomic mass is 10.1. The SMILES string of the molecule is C=CC(=O)NC(C)c1cccc(F)c1. The summed E-state index contributed by atoms with van der Waals surface area (Å²) >= 11 is 0. The van der Waals surface area contributed by atoms with Crippen LogP contribution in [0.1, 0.15) is 18.5 Å². The van der Waals surface area contributed by atoms with Gasteiger partial charge in [-0.25, -0.2) is 4.39 Å². The lowest BCUT2D eigenvalue weighted by Gasteiger charge is -2.12. The van der Waals surface area contributed by atoms with Crippen LogP contribution in [0.5, 0.6) is 0 Å². The Hall–Kier alpha value is -1.64. The van der Waals surface area contributed by atoms with E-state index in [1.807, 2.05) is 0 Å². The molecule has 14 heavy (non-hydrogen) atoms. The van der Waals surface area contributed by atoms with Crippen LogP contribution in [-0.4, -0.2) is 5.91 Å². The van der Waals surface area contributed by atoms with Crippen molar-refractivity contribution in [3.63, 3.8) is 0 Å². The molecule has 0 bridgehead atoms. The van der Waals surface area contributed by atoms with Crippen LogP contribution < -0.4 is 5.32 Å². The summed E-state index contributed by atoms with van der Waals surface area (Å²) in [6.07, 6.45) is 1.19. The third-order valence-corrected chi connectivity index (χ3v) is 1.89. The van der Waals surface area contributed by atoms with Crippen molar-refractivity contribution in [2.75, 3.05) is 0 Å². The van der Waals surface area contributed by atoms with Crippen LogP contribution >= 0.6 is 0 Å². The first-order valence-corrected chi connectivity index (χ1v) is 4.32. The normalized spacial score (nSPS) is 11.9. The first-order chi connectivity index (χ1) is 6.63. The summed E-state index contributed by atoms with van der Waals surface area (Å²) in [5.74, 6) is -0.566. The molecular formula is C11H12FNO. The summed E-state index contributed by atoms with van der Waals surface area (Å²) in [6, 6.07) is 5.92. The minimum Gasteiger partial charge on any atom is -0.346 e. The van der Waals surface area contributed by atoms with Gasteiger partial charge in [0.2, 0.25) is 5.91 Å². The van der Waals surface area contributed by atoms with Crippen molar-refractivity contribution in [3.05, 3.63) is 48.3 Å². The lowest BCUT2D eigenvalue weighted by molar-refractivity contribution is -0.117. The van der Waals surface area contributed by atoms with Crippen LogP contribution in [0.2, 0.25) is 0 Å². The Kier molecular flexibility index (Phi) is 3.40. The fourth-order valence-electron chi connectivity index (χ4n) is 1.13. The van der Waals surface area contributed by atoms with E-state index in [9.17, 15) is 9.18 Å². The summed E-state index contributed by atoms with van der Waals surface area (Å²) in [5.41, 5.74) is 0.736. The topological polar surface area (TPSA) is 29.1 Å². The molecule has 0 spiro atoms. The Morgan fingerprint density at radius 3 is 2.93 bits per heavy atom. The van der Waals surface area contributed by atoms with Crippen molar-refractivity contribution in [2.24, 2.45) is 0 Å². The summed E-state index contributed by atoms with van der Waals surface area (Å²) < 4.78 is 12.8. The molecule has 1 rings (SSSR count). The highest BCUT2D eigenvalue weighted by Crippen LogP contribution is 2.12. The average Bonchev–Trinajstić information content (AvgIpc) is 2.17. The largest absolute Gasteiger partial charge is 0.346 e. The van der Waals surface area contributed by atoms with E-state index in [0.717, 1.165) is 5.56 Å². The number of amides is 1. The Bertz CT molecular complexity index is 349. The third kappa shape index (κ3) is 2.69. The van der Waals surface area contributed by atoms with Crippen molar-refractivity contribution in [1.82, 2.24) is 5.32 Å². The summed E-state index contributed by atoms with van der Waals surface area (Å²) in [4.78, 5) is 11.0. The van der Waals surface area contributed by atoms with Gasteiger partial charge in [0.1, 0.15) is 5.82 Å². The minimum absolute atomic E-state index is 0.212. The van der Waals surface area contributed by atoms with E-state index in [0.29, 0.717) is 0 Å². The first-order valence-electron chi connectivity index (χ1n) is 4.32. The quantitative estimate of drug-likeness (QED) is 0.732. The summed E-state index contributed by atoms with van der Waals surface area (Å²) in [5, 5.41) is 2.65. The van der Waals surface area contributed by atoms with Crippen LogP contribution in [0, 0.1) is 5.82 Å². The second-order valence-electron chi connectivity index (χ2n) is 2.99. The molecular weight excluding hydrogens is 181 g/mol. The standard InChI is InChI=1S/C11H12FNO/c1-3-11(14)13-8(2)9-5-4-6-10(12)7-9/h3-8H,1H2,2H3,(H,13,14). The van der Waals surface area contributed by atoms with Crippen molar-refractivity contribution in [2.45, 2.75) is 13.0 Å². The highest BCUT2D eigenvalue weighted by atomic mass is 19.1. The fraction of sp³-hybridized carbons (Fsp3) is 0.182. The zero-order chi connectivity index (χ0) is 10.6. The maximum atomic E-state index is 12.8. The van der Waals surface area contributed by atoms with E-state index < -0.39 is 0 Å². The monoisotopic (exact) mass is 193 g/mol. The maximum Gasteiger partial charge on any atom is 0.243 e. The van der Waals surface area contributed by atoms with Crippen molar-refractivity contribution in [3.8, 4) is 0 Å². The first kappa shape index (κ1) is 10.4. The number of hydrogen-bond donors (Lipinski definition) is 1. The summed E-state index contributed by atoms with van der Waals surface area (Å²) in [6.45, 7) is 5.13. The third-order valence-electron chi connectivity index (χ3n) is 1.89. The van der Waals surface area contributed by atoms with Crippen molar-refractivity contribution < 1.29 is 9.18 Å². The Morgan fingerprint density at radius 2 is 2.36 bits per heavy atom. The molecule has 0 aliphatic carbocycles. The van der Waals surface area contributed by atoms with Gasteiger partial charge in [-0.3, -0.25) is 4.79 Å². The van der Waals surface area contributed by atoms with Gasteiger partial charge in [-0.1, -0.05) is 18.7 Å². The number of halogens is 1. The molecule has 1 aromatic rings. The molecule has 0 aliphatic heterocycles. The Morgan fingerprint density at radius 1 is 1.64 bits per heavy atom. The number of nitrogens with one attached hydrogen (secondary N) is 1. The maximum absolute atomic E-state index is 12.8. The molecule has 0 aromatic heterocycles. The molecule has 3 heteroatoms. The molecule has 0 fully saturated rings. The predicted octanol–water partition coefficient (Wildman–Crippen LogP) is 2.19. The van der Waals surface area contributed by atoms with E-state index in [2.05, 4.69) is 11.9 Å². The van der Waals surface area contributed by atoms with E-state index in [1.165, 1.54) is 18.2 Å². The smallest absolute Gasteiger partial charge is 0.243 e. The van der Waals surface area contributed by atoms with Crippen molar-refractivity contribution >= 4 is 5.91 Å². The molecule has 1 atom stereocenters. The van der Waals surface area contributed by atoms with Gasteiger partial charge in [-0.05, 0) is 30.7 Å². The highest BCUT2D eigenvalue weighted by molar-refractivity contribution is 5.87. The van der Waals surface area contributed by atoms with E-state index in [4.69, 9.17) is 0 Å². The number of carbonyl (C=O) groups is 1. The van der Waals surface area contributed by atoms with Gasteiger partial charge in [-0.2, -0.15) is 0 Å². The second kappa shape index (κ2) is 4.56. The Balaban J connectivity index is 2.74. The number of carbonyl (C=O) groups excluding carboxylic acids is 1. The molecule has 0 aliphatic rings. The molecule has 74 valence electrons. The van der Waals surface area contributed by atoms with Crippen LogP contribution in [0.4, 0.5) is 4.39 Å². The fourth-order valence-corrected chi connectivity index (χ4v) is 1.13. The minimum atomic E-state index is -0.304. The average molecular weight is 193 g/mol. The number of rotatable bonds is 3. The van der Waals surface area contributed by atoms with Crippen molar-refractivity contribution in [1.29, 1.82) is 0 Å². The van der Waals surface area contributed by atoms with E-state index in [1.54, 1.807) is 19.1 Å². The highest BCUT2D eigenvalue weighted by Gasteiger charge is 2.07. The van der Waals surface area contributed by atoms with E-state index in [-0.39, 0.29) is 17.8 Å². The Labute approximate surface area is 82.4 Å². The lowest BCUT2D eigenvalue weighted by Crippen LogP contribution is -2.24. The zero-order valence-corrected chi connectivity index (χ0v) is 7.96. The van der Waals surface area contributed by atoms with Crippen LogP contribution in [0.15, 0.2) is 36.9 Å².